The minimum Gasteiger partial charge on any atom is -0.497 e. The van der Waals surface area contributed by atoms with Crippen molar-refractivity contribution >= 4 is 5.78 Å². The molecule has 0 radical (unpaired) electrons. The number of halogens is 1. The molecule has 0 atom stereocenters. The maximum atomic E-state index is 14.1. The second-order valence-corrected chi connectivity index (χ2v) is 6.60. The largest absolute Gasteiger partial charge is 0.497 e. The third-order valence-corrected chi connectivity index (χ3v) is 4.77. The summed E-state index contributed by atoms with van der Waals surface area (Å²) in [6, 6.07) is 19.3. The molecule has 0 aliphatic rings. The van der Waals surface area contributed by atoms with E-state index in [-0.39, 0.29) is 11.5 Å². The van der Waals surface area contributed by atoms with Crippen molar-refractivity contribution in [3.8, 4) is 28.3 Å². The Morgan fingerprint density at radius 1 is 0.967 bits per heavy atom. The number of benzene rings is 3. The lowest BCUT2D eigenvalue weighted by molar-refractivity contribution is 0.103. The van der Waals surface area contributed by atoms with Crippen molar-refractivity contribution in [3.05, 3.63) is 96.3 Å². The molecule has 30 heavy (non-hydrogen) atoms. The van der Waals surface area contributed by atoms with E-state index in [1.54, 1.807) is 60.6 Å². The molecular formula is C24H19FN2O3. The SMILES string of the molecule is COc1cccc(C(=O)c2cn(-c3cccc(-c4cccc(F)c4OC)c3)cn2)c1. The minimum absolute atomic E-state index is 0.189. The predicted octanol–water partition coefficient (Wildman–Crippen LogP) is 4.93. The standard InChI is InChI=1S/C24H19FN2O3/c1-29-19-9-4-7-17(13-19)23(28)22-14-27(15-26-22)18-8-3-6-16(12-18)20-10-5-11-21(25)24(20)30-2/h3-15H,1-2H3. The van der Waals surface area contributed by atoms with Gasteiger partial charge in [0.05, 0.1) is 14.2 Å². The average Bonchev–Trinajstić information content (AvgIpc) is 3.29. The fourth-order valence-corrected chi connectivity index (χ4v) is 3.27. The maximum absolute atomic E-state index is 14.1. The molecule has 0 saturated heterocycles. The molecule has 6 heteroatoms. The van der Waals surface area contributed by atoms with Crippen molar-refractivity contribution in [2.45, 2.75) is 0 Å². The molecule has 3 aromatic carbocycles. The number of nitrogens with zero attached hydrogens (tertiary/aromatic N) is 2. The van der Waals surface area contributed by atoms with Gasteiger partial charge in [0.15, 0.2) is 11.6 Å². The lowest BCUT2D eigenvalue weighted by Crippen LogP contribution is -2.02. The Hall–Kier alpha value is -3.93. The lowest BCUT2D eigenvalue weighted by Gasteiger charge is -2.11. The quantitative estimate of drug-likeness (QED) is 0.429. The van der Waals surface area contributed by atoms with Gasteiger partial charge in [-0.2, -0.15) is 0 Å². The molecule has 0 spiro atoms. The van der Waals surface area contributed by atoms with Crippen molar-refractivity contribution in [3.63, 3.8) is 0 Å². The Morgan fingerprint density at radius 3 is 2.57 bits per heavy atom. The number of ketones is 1. The van der Waals surface area contributed by atoms with E-state index in [2.05, 4.69) is 4.98 Å². The van der Waals surface area contributed by atoms with Gasteiger partial charge in [-0.05, 0) is 35.9 Å². The number of rotatable bonds is 6. The topological polar surface area (TPSA) is 53.4 Å². The molecule has 0 aliphatic carbocycles. The highest BCUT2D eigenvalue weighted by Crippen LogP contribution is 2.33. The third-order valence-electron chi connectivity index (χ3n) is 4.77. The van der Waals surface area contributed by atoms with E-state index in [0.717, 1.165) is 11.3 Å². The van der Waals surface area contributed by atoms with E-state index in [1.807, 2.05) is 24.3 Å². The van der Waals surface area contributed by atoms with Gasteiger partial charge in [0, 0.05) is 23.0 Å². The Labute approximate surface area is 173 Å². The van der Waals surface area contributed by atoms with E-state index in [4.69, 9.17) is 9.47 Å². The summed E-state index contributed by atoms with van der Waals surface area (Å²) in [5.74, 6) is 0.177. The summed E-state index contributed by atoms with van der Waals surface area (Å²) < 4.78 is 26.2. The van der Waals surface area contributed by atoms with Gasteiger partial charge in [-0.1, -0.05) is 36.4 Å². The molecule has 150 valence electrons. The first-order chi connectivity index (χ1) is 14.6. The van der Waals surface area contributed by atoms with E-state index < -0.39 is 5.82 Å². The highest BCUT2D eigenvalue weighted by atomic mass is 19.1. The second kappa shape index (κ2) is 8.21. The van der Waals surface area contributed by atoms with Crippen LogP contribution in [-0.4, -0.2) is 29.6 Å². The number of methoxy groups -OCH3 is 2. The van der Waals surface area contributed by atoms with Crippen molar-refractivity contribution in [1.29, 1.82) is 0 Å². The molecule has 0 saturated carbocycles. The molecule has 0 unspecified atom stereocenters. The van der Waals surface area contributed by atoms with Crippen LogP contribution in [0.15, 0.2) is 79.3 Å². The number of ether oxygens (including phenoxy) is 2. The van der Waals surface area contributed by atoms with Gasteiger partial charge in [0.1, 0.15) is 17.8 Å². The van der Waals surface area contributed by atoms with Crippen LogP contribution in [0.3, 0.4) is 0 Å². The fraction of sp³-hybridized carbons (Fsp3) is 0.0833. The van der Waals surface area contributed by atoms with Crippen molar-refractivity contribution in [2.75, 3.05) is 14.2 Å². The van der Waals surface area contributed by atoms with Crippen molar-refractivity contribution in [1.82, 2.24) is 9.55 Å². The van der Waals surface area contributed by atoms with Gasteiger partial charge in [-0.25, -0.2) is 9.37 Å². The number of aromatic nitrogens is 2. The van der Waals surface area contributed by atoms with E-state index in [9.17, 15) is 9.18 Å². The Balaban J connectivity index is 1.67. The summed E-state index contributed by atoms with van der Waals surface area (Å²) >= 11 is 0. The molecule has 0 fully saturated rings. The van der Waals surface area contributed by atoms with E-state index in [1.165, 1.54) is 13.2 Å². The van der Waals surface area contributed by atoms with Crippen LogP contribution in [0.5, 0.6) is 11.5 Å². The molecule has 0 N–H and O–H groups in total. The third kappa shape index (κ3) is 3.67. The zero-order valence-corrected chi connectivity index (χ0v) is 16.5. The van der Waals surface area contributed by atoms with Crippen LogP contribution in [0.1, 0.15) is 16.1 Å². The van der Waals surface area contributed by atoms with Gasteiger partial charge >= 0.3 is 0 Å². The molecule has 5 nitrogen and oxygen atoms in total. The van der Waals surface area contributed by atoms with Gasteiger partial charge < -0.3 is 14.0 Å². The summed E-state index contributed by atoms with van der Waals surface area (Å²) in [6.07, 6.45) is 3.25. The molecular weight excluding hydrogens is 383 g/mol. The maximum Gasteiger partial charge on any atom is 0.213 e. The Kier molecular flexibility index (Phi) is 5.30. The Bertz CT molecular complexity index is 1220. The van der Waals surface area contributed by atoms with Gasteiger partial charge in [0.2, 0.25) is 5.78 Å². The summed E-state index contributed by atoms with van der Waals surface area (Å²) in [5.41, 5.74) is 3.04. The predicted molar refractivity (Wildman–Crippen MR) is 112 cm³/mol. The molecule has 0 bridgehead atoms. The van der Waals surface area contributed by atoms with Crippen LogP contribution >= 0.6 is 0 Å². The smallest absolute Gasteiger partial charge is 0.213 e. The summed E-state index contributed by atoms with van der Waals surface area (Å²) in [7, 11) is 3.00. The van der Waals surface area contributed by atoms with Crippen LogP contribution in [-0.2, 0) is 0 Å². The van der Waals surface area contributed by atoms with Crippen LogP contribution in [0.4, 0.5) is 4.39 Å². The minimum atomic E-state index is -0.422. The van der Waals surface area contributed by atoms with Crippen molar-refractivity contribution in [2.24, 2.45) is 0 Å². The average molecular weight is 402 g/mol. The number of hydrogen-bond donors (Lipinski definition) is 0. The van der Waals surface area contributed by atoms with E-state index in [0.29, 0.717) is 22.6 Å². The summed E-state index contributed by atoms with van der Waals surface area (Å²) in [6.45, 7) is 0. The first kappa shape index (κ1) is 19.4. The molecule has 0 amide bonds. The van der Waals surface area contributed by atoms with Crippen molar-refractivity contribution < 1.29 is 18.7 Å². The van der Waals surface area contributed by atoms with Gasteiger partial charge in [0.25, 0.3) is 0 Å². The molecule has 4 rings (SSSR count). The summed E-state index contributed by atoms with van der Waals surface area (Å²) in [5, 5.41) is 0. The molecule has 1 aromatic heterocycles. The molecule has 0 aliphatic heterocycles. The van der Waals surface area contributed by atoms with Gasteiger partial charge in [-0.15, -0.1) is 0 Å². The fourth-order valence-electron chi connectivity index (χ4n) is 3.27. The number of carbonyl (C=O) groups excluding carboxylic acids is 1. The molecule has 4 aromatic rings. The van der Waals surface area contributed by atoms with Gasteiger partial charge in [-0.3, -0.25) is 4.79 Å². The number of carbonyl (C=O) groups is 1. The Morgan fingerprint density at radius 2 is 1.77 bits per heavy atom. The monoisotopic (exact) mass is 402 g/mol. The number of imidazole rings is 1. The lowest BCUT2D eigenvalue weighted by atomic mass is 10.0. The van der Waals surface area contributed by atoms with Crippen LogP contribution < -0.4 is 9.47 Å². The second-order valence-electron chi connectivity index (χ2n) is 6.60. The molecule has 1 heterocycles. The first-order valence-corrected chi connectivity index (χ1v) is 9.27. The van der Waals surface area contributed by atoms with Crippen LogP contribution in [0.25, 0.3) is 16.8 Å². The highest BCUT2D eigenvalue weighted by molar-refractivity contribution is 6.07. The zero-order valence-electron chi connectivity index (χ0n) is 16.5. The highest BCUT2D eigenvalue weighted by Gasteiger charge is 2.15. The normalized spacial score (nSPS) is 10.6. The summed E-state index contributed by atoms with van der Waals surface area (Å²) in [4.78, 5) is 17.0. The zero-order chi connectivity index (χ0) is 21.1. The van der Waals surface area contributed by atoms with Crippen LogP contribution in [0, 0.1) is 5.82 Å². The van der Waals surface area contributed by atoms with Crippen LogP contribution in [0.2, 0.25) is 0 Å². The number of para-hydroxylation sites is 1. The first-order valence-electron chi connectivity index (χ1n) is 9.27. The number of hydrogen-bond acceptors (Lipinski definition) is 4. The van der Waals surface area contributed by atoms with E-state index >= 15 is 0 Å².